The molecule has 0 N–H and O–H groups in total. The van der Waals surface area contributed by atoms with Crippen LogP contribution in [-0.4, -0.2) is 24.3 Å². The van der Waals surface area contributed by atoms with Crippen molar-refractivity contribution < 1.29 is 23.0 Å². The Kier molecular flexibility index (Phi) is 1.74. The first-order chi connectivity index (χ1) is 4.93. The fraction of sp³-hybridized carbons (Fsp3) is 0.833. The number of hydrogen-bond acceptors (Lipinski definition) is 3. The monoisotopic (exact) mass is 166 g/mol. The van der Waals surface area contributed by atoms with Crippen LogP contribution in [0.15, 0.2) is 0 Å². The predicted molar refractivity (Wildman–Crippen MR) is 31.4 cm³/mol. The van der Waals surface area contributed by atoms with Crippen LogP contribution in [0.2, 0.25) is 0 Å². The van der Waals surface area contributed by atoms with Crippen molar-refractivity contribution in [3.63, 3.8) is 0 Å². The van der Waals surface area contributed by atoms with Gasteiger partial charge in [0.15, 0.2) is 5.60 Å². The van der Waals surface area contributed by atoms with Gasteiger partial charge < -0.3 is 9.47 Å². The molecule has 5 heteroatoms. The Bertz CT molecular complexity index is 179. The lowest BCUT2D eigenvalue weighted by Gasteiger charge is -2.20. The molecular weight excluding hydrogens is 158 g/mol. The summed E-state index contributed by atoms with van der Waals surface area (Å²) in [6.45, 7) is 2.77. The molecule has 1 aliphatic rings. The third-order valence-electron chi connectivity index (χ3n) is 1.48. The highest BCUT2D eigenvalue weighted by atomic mass is 19.3. The molecule has 3 nitrogen and oxygen atoms in total. The minimum absolute atomic E-state index is 1.03. The first kappa shape index (κ1) is 8.23. The van der Waals surface area contributed by atoms with Crippen LogP contribution < -0.4 is 0 Å². The van der Waals surface area contributed by atoms with E-state index < -0.39 is 24.3 Å². The summed E-state index contributed by atoms with van der Waals surface area (Å²) in [7, 11) is 0. The summed E-state index contributed by atoms with van der Waals surface area (Å²) in [6.07, 6.45) is -5.17. The van der Waals surface area contributed by atoms with E-state index in [0.717, 1.165) is 0 Å². The molecule has 1 saturated heterocycles. The number of rotatable bonds is 1. The number of halogens is 2. The van der Waals surface area contributed by atoms with E-state index in [1.165, 1.54) is 13.8 Å². The predicted octanol–water partition coefficient (Wildman–Crippen LogP) is 1.57. The van der Waals surface area contributed by atoms with Crippen LogP contribution in [0.3, 0.4) is 0 Å². The van der Waals surface area contributed by atoms with Crippen LogP contribution in [0.25, 0.3) is 0 Å². The van der Waals surface area contributed by atoms with Crippen molar-refractivity contribution in [3.05, 3.63) is 0 Å². The van der Waals surface area contributed by atoms with E-state index in [0.29, 0.717) is 0 Å². The van der Waals surface area contributed by atoms with E-state index in [4.69, 9.17) is 0 Å². The molecule has 1 atom stereocenters. The Labute approximate surface area is 62.3 Å². The molecule has 1 rings (SSSR count). The molecule has 0 aromatic carbocycles. The van der Waals surface area contributed by atoms with Crippen LogP contribution in [0.4, 0.5) is 13.6 Å². The molecule has 0 radical (unpaired) electrons. The van der Waals surface area contributed by atoms with Gasteiger partial charge in [-0.3, -0.25) is 0 Å². The van der Waals surface area contributed by atoms with Crippen molar-refractivity contribution in [1.82, 2.24) is 0 Å². The van der Waals surface area contributed by atoms with Gasteiger partial charge in [0.05, 0.1) is 0 Å². The summed E-state index contributed by atoms with van der Waals surface area (Å²) < 4.78 is 32.8. The van der Waals surface area contributed by atoms with Gasteiger partial charge in [0.25, 0.3) is 6.43 Å². The summed E-state index contributed by atoms with van der Waals surface area (Å²) in [5.74, 6) is 0. The Morgan fingerprint density at radius 2 is 2.09 bits per heavy atom. The SMILES string of the molecule is CC1(C)OC(=O)OC1C(F)F. The number of carbonyl (C=O) groups excluding carboxylic acids is 1. The molecule has 0 aliphatic carbocycles. The average Bonchev–Trinajstić information content (AvgIpc) is 2.04. The highest BCUT2D eigenvalue weighted by Crippen LogP contribution is 2.30. The molecule has 0 saturated carbocycles. The van der Waals surface area contributed by atoms with Crippen LogP contribution in [0, 0.1) is 0 Å². The van der Waals surface area contributed by atoms with Gasteiger partial charge in [0.2, 0.25) is 6.10 Å². The van der Waals surface area contributed by atoms with Crippen molar-refractivity contribution >= 4 is 6.16 Å². The van der Waals surface area contributed by atoms with Crippen molar-refractivity contribution in [2.45, 2.75) is 32.0 Å². The van der Waals surface area contributed by atoms with Crippen LogP contribution >= 0.6 is 0 Å². The smallest absolute Gasteiger partial charge is 0.424 e. The number of ether oxygens (including phenoxy) is 2. The molecule has 64 valence electrons. The lowest BCUT2D eigenvalue weighted by atomic mass is 10.0. The van der Waals surface area contributed by atoms with Gasteiger partial charge in [-0.2, -0.15) is 0 Å². The van der Waals surface area contributed by atoms with E-state index in [9.17, 15) is 13.6 Å². The van der Waals surface area contributed by atoms with Crippen molar-refractivity contribution in [3.8, 4) is 0 Å². The van der Waals surface area contributed by atoms with Gasteiger partial charge in [0, 0.05) is 0 Å². The molecule has 1 unspecified atom stereocenters. The average molecular weight is 166 g/mol. The Hall–Kier alpha value is -0.870. The molecule has 0 aromatic rings. The van der Waals surface area contributed by atoms with Crippen molar-refractivity contribution in [1.29, 1.82) is 0 Å². The summed E-state index contributed by atoms with van der Waals surface area (Å²) in [5, 5.41) is 0. The second-order valence-electron chi connectivity index (χ2n) is 2.83. The standard InChI is InChI=1S/C6H8F2O3/c1-6(2)3(4(7)8)10-5(9)11-6/h3-4H,1-2H3. The molecular formula is C6H8F2O3. The second-order valence-corrected chi connectivity index (χ2v) is 2.83. The number of carbonyl (C=O) groups is 1. The summed E-state index contributed by atoms with van der Waals surface area (Å²) in [4.78, 5) is 10.4. The maximum atomic E-state index is 12.1. The second kappa shape index (κ2) is 2.32. The normalized spacial score (nSPS) is 28.5. The zero-order valence-corrected chi connectivity index (χ0v) is 6.14. The highest BCUT2D eigenvalue weighted by molar-refractivity contribution is 5.63. The molecule has 1 heterocycles. The van der Waals surface area contributed by atoms with Gasteiger partial charge in [-0.05, 0) is 13.8 Å². The third-order valence-corrected chi connectivity index (χ3v) is 1.48. The number of alkyl halides is 2. The zero-order chi connectivity index (χ0) is 8.65. The fourth-order valence-corrected chi connectivity index (χ4v) is 0.897. The molecule has 0 spiro atoms. The maximum Gasteiger partial charge on any atom is 0.509 e. The van der Waals surface area contributed by atoms with Crippen LogP contribution in [0.1, 0.15) is 13.8 Å². The number of cyclic esters (lactones) is 2. The van der Waals surface area contributed by atoms with Crippen LogP contribution in [0.5, 0.6) is 0 Å². The minimum atomic E-state index is -2.70. The quantitative estimate of drug-likeness (QED) is 0.554. The van der Waals surface area contributed by atoms with Gasteiger partial charge in [-0.25, -0.2) is 13.6 Å². The topological polar surface area (TPSA) is 35.5 Å². The summed E-state index contributed by atoms with van der Waals surface area (Å²) in [6, 6.07) is 0. The lowest BCUT2D eigenvalue weighted by molar-refractivity contribution is -0.0400. The van der Waals surface area contributed by atoms with E-state index in [1.54, 1.807) is 0 Å². The van der Waals surface area contributed by atoms with Crippen molar-refractivity contribution in [2.75, 3.05) is 0 Å². The summed E-state index contributed by atoms with van der Waals surface area (Å²) >= 11 is 0. The fourth-order valence-electron chi connectivity index (χ4n) is 0.897. The third kappa shape index (κ3) is 1.41. The Morgan fingerprint density at radius 1 is 1.55 bits per heavy atom. The van der Waals surface area contributed by atoms with Crippen molar-refractivity contribution in [2.24, 2.45) is 0 Å². The largest absolute Gasteiger partial charge is 0.509 e. The van der Waals surface area contributed by atoms with E-state index in [1.807, 2.05) is 0 Å². The zero-order valence-electron chi connectivity index (χ0n) is 6.14. The first-order valence-electron chi connectivity index (χ1n) is 3.11. The van der Waals surface area contributed by atoms with E-state index in [-0.39, 0.29) is 0 Å². The highest BCUT2D eigenvalue weighted by Gasteiger charge is 2.49. The molecule has 0 bridgehead atoms. The molecule has 1 fully saturated rings. The van der Waals surface area contributed by atoms with Crippen LogP contribution in [-0.2, 0) is 9.47 Å². The van der Waals surface area contributed by atoms with Gasteiger partial charge in [0.1, 0.15) is 0 Å². The maximum absolute atomic E-state index is 12.1. The minimum Gasteiger partial charge on any atom is -0.424 e. The van der Waals surface area contributed by atoms with E-state index in [2.05, 4.69) is 9.47 Å². The number of hydrogen-bond donors (Lipinski definition) is 0. The first-order valence-corrected chi connectivity index (χ1v) is 3.11. The van der Waals surface area contributed by atoms with Gasteiger partial charge in [-0.15, -0.1) is 0 Å². The Morgan fingerprint density at radius 3 is 2.27 bits per heavy atom. The summed E-state index contributed by atoms with van der Waals surface area (Å²) in [5.41, 5.74) is -1.22. The molecule has 0 aromatic heterocycles. The molecule has 1 aliphatic heterocycles. The Balaban J connectivity index is 2.74. The van der Waals surface area contributed by atoms with Gasteiger partial charge >= 0.3 is 6.16 Å². The lowest BCUT2D eigenvalue weighted by Crippen LogP contribution is -2.38. The van der Waals surface area contributed by atoms with Gasteiger partial charge in [-0.1, -0.05) is 0 Å². The van der Waals surface area contributed by atoms with E-state index >= 15 is 0 Å². The molecule has 11 heavy (non-hydrogen) atoms. The molecule has 0 amide bonds.